The van der Waals surface area contributed by atoms with Gasteiger partial charge in [0.05, 0.1) is 6.67 Å². The second-order valence-corrected chi connectivity index (χ2v) is 8.00. The Balaban J connectivity index is 0.000000383. The molecule has 0 aliphatic carbocycles. The summed E-state index contributed by atoms with van der Waals surface area (Å²) in [5.41, 5.74) is 1.09. The first-order chi connectivity index (χ1) is 15.5. The maximum atomic E-state index is 12.7. The molecule has 2 aliphatic rings. The molecule has 0 unspecified atom stereocenters. The summed E-state index contributed by atoms with van der Waals surface area (Å²) in [6, 6.07) is 16.9. The van der Waals surface area contributed by atoms with Crippen LogP contribution in [0.5, 0.6) is 0 Å². The van der Waals surface area contributed by atoms with Gasteiger partial charge in [-0.25, -0.2) is 4.79 Å². The monoisotopic (exact) mass is 483 g/mol. The highest BCUT2D eigenvalue weighted by atomic mass is 35.5. The fourth-order valence-corrected chi connectivity index (χ4v) is 4.01. The summed E-state index contributed by atoms with van der Waals surface area (Å²) in [6.07, 6.45) is -3.85. The molecule has 2 aliphatic heterocycles. The van der Waals surface area contributed by atoms with Gasteiger partial charge in [-0.15, -0.1) is 0 Å². The molecule has 4 rings (SSSR count). The highest BCUT2D eigenvalue weighted by Crippen LogP contribution is 2.36. The van der Waals surface area contributed by atoms with Crippen molar-refractivity contribution in [3.63, 3.8) is 0 Å². The van der Waals surface area contributed by atoms with Crippen molar-refractivity contribution in [2.75, 3.05) is 24.7 Å². The van der Waals surface area contributed by atoms with Gasteiger partial charge in [-0.1, -0.05) is 29.8 Å². The second-order valence-electron chi connectivity index (χ2n) is 7.56. The number of alkyl halides is 3. The molecule has 0 atom stereocenters. The fraction of sp³-hybridized carbons (Fsp3) is 0.318. The zero-order valence-electron chi connectivity index (χ0n) is 17.3. The van der Waals surface area contributed by atoms with Crippen molar-refractivity contribution in [2.45, 2.75) is 24.6 Å². The van der Waals surface area contributed by atoms with Crippen LogP contribution in [0.4, 0.5) is 18.9 Å². The van der Waals surface area contributed by atoms with Crippen molar-refractivity contribution >= 4 is 35.1 Å². The van der Waals surface area contributed by atoms with Crippen LogP contribution in [-0.4, -0.2) is 59.3 Å². The molecule has 2 aromatic rings. The number of benzene rings is 2. The van der Waals surface area contributed by atoms with Crippen molar-refractivity contribution in [1.29, 1.82) is 0 Å². The number of nitrogens with one attached hydrogen (secondary N) is 1. The van der Waals surface area contributed by atoms with Crippen molar-refractivity contribution in [3.8, 4) is 0 Å². The molecule has 0 radical (unpaired) electrons. The number of hydrogen-bond acceptors (Lipinski definition) is 4. The van der Waals surface area contributed by atoms with Crippen LogP contribution in [0.25, 0.3) is 0 Å². The first-order valence-corrected chi connectivity index (χ1v) is 10.4. The van der Waals surface area contributed by atoms with Gasteiger partial charge in [0.1, 0.15) is 5.54 Å². The minimum absolute atomic E-state index is 0.0128. The van der Waals surface area contributed by atoms with Gasteiger partial charge >= 0.3 is 12.1 Å². The summed E-state index contributed by atoms with van der Waals surface area (Å²) in [5, 5.41) is 10.7. The number of halogens is 4. The lowest BCUT2D eigenvalue weighted by Gasteiger charge is -2.43. The maximum absolute atomic E-state index is 12.7. The van der Waals surface area contributed by atoms with E-state index in [4.69, 9.17) is 21.5 Å². The summed E-state index contributed by atoms with van der Waals surface area (Å²) >= 11 is 5.90. The molecule has 2 saturated heterocycles. The zero-order valence-corrected chi connectivity index (χ0v) is 18.1. The largest absolute Gasteiger partial charge is 0.490 e. The number of piperidine rings is 1. The van der Waals surface area contributed by atoms with E-state index in [0.717, 1.165) is 5.69 Å². The topological polar surface area (TPSA) is 90.0 Å². The number of para-hydroxylation sites is 1. The average Bonchev–Trinajstić information content (AvgIpc) is 3.10. The second kappa shape index (κ2) is 9.70. The van der Waals surface area contributed by atoms with Crippen molar-refractivity contribution in [1.82, 2.24) is 10.2 Å². The Hall–Kier alpha value is -3.27. The Bertz CT molecular complexity index is 1010. The summed E-state index contributed by atoms with van der Waals surface area (Å²) in [5.74, 6) is -2.71. The third kappa shape index (κ3) is 5.39. The van der Waals surface area contributed by atoms with Crippen molar-refractivity contribution in [3.05, 3.63) is 65.2 Å². The smallest absolute Gasteiger partial charge is 0.475 e. The van der Waals surface area contributed by atoms with Crippen molar-refractivity contribution < 1.29 is 32.7 Å². The number of likely N-dealkylation sites (tertiary alicyclic amines) is 1. The molecule has 176 valence electrons. The standard InChI is InChI=1S/C20H20ClN3O2.C2HF3O2/c21-16-8-6-15(7-9-16)18(25)23-12-10-20(11-13-23)19(26)22-14-24(20)17-4-2-1-3-5-17;3-2(4,5)1(6)7/h1-9H,10-14H2,(H,22,26);(H,6,7). The van der Waals surface area contributed by atoms with E-state index in [-0.39, 0.29) is 11.8 Å². The maximum Gasteiger partial charge on any atom is 0.490 e. The molecular weight excluding hydrogens is 463 g/mol. The van der Waals surface area contributed by atoms with E-state index in [2.05, 4.69) is 10.2 Å². The molecule has 11 heteroatoms. The number of carbonyl (C=O) groups excluding carboxylic acids is 2. The molecule has 0 bridgehead atoms. The van der Waals surface area contributed by atoms with Gasteiger partial charge in [0.2, 0.25) is 5.91 Å². The molecule has 2 heterocycles. The molecule has 2 amide bonds. The van der Waals surface area contributed by atoms with Crippen LogP contribution in [-0.2, 0) is 9.59 Å². The van der Waals surface area contributed by atoms with Gasteiger partial charge in [0.25, 0.3) is 5.91 Å². The number of amides is 2. The van der Waals surface area contributed by atoms with E-state index in [9.17, 15) is 22.8 Å². The average molecular weight is 484 g/mol. The summed E-state index contributed by atoms with van der Waals surface area (Å²) in [6.45, 7) is 1.62. The number of carboxylic acid groups (broad SMARTS) is 1. The SMILES string of the molecule is O=C(O)C(F)(F)F.O=C(c1ccc(Cl)cc1)N1CCC2(CC1)C(=O)NCN2c1ccccc1. The molecule has 33 heavy (non-hydrogen) atoms. The molecule has 2 aromatic carbocycles. The summed E-state index contributed by atoms with van der Waals surface area (Å²) in [7, 11) is 0. The molecule has 2 N–H and O–H groups in total. The molecule has 1 spiro atoms. The number of carbonyl (C=O) groups is 3. The lowest BCUT2D eigenvalue weighted by atomic mass is 9.85. The first kappa shape index (κ1) is 24.4. The predicted molar refractivity (Wildman–Crippen MR) is 115 cm³/mol. The third-order valence-corrected chi connectivity index (χ3v) is 5.87. The van der Waals surface area contributed by atoms with E-state index in [0.29, 0.717) is 43.2 Å². The van der Waals surface area contributed by atoms with E-state index >= 15 is 0 Å². The van der Waals surface area contributed by atoms with Gasteiger partial charge < -0.3 is 20.2 Å². The quantitative estimate of drug-likeness (QED) is 0.682. The molecular formula is C22H21ClF3N3O4. The highest BCUT2D eigenvalue weighted by Gasteiger charge is 2.50. The lowest BCUT2D eigenvalue weighted by molar-refractivity contribution is -0.192. The number of rotatable bonds is 2. The molecule has 0 saturated carbocycles. The van der Waals surface area contributed by atoms with Crippen LogP contribution in [0.2, 0.25) is 5.02 Å². The van der Waals surface area contributed by atoms with Crippen LogP contribution in [0.1, 0.15) is 23.2 Å². The number of anilines is 1. The number of hydrogen-bond donors (Lipinski definition) is 2. The predicted octanol–water partition coefficient (Wildman–Crippen LogP) is 3.54. The van der Waals surface area contributed by atoms with Gasteiger partial charge in [0, 0.05) is 29.4 Å². The minimum Gasteiger partial charge on any atom is -0.475 e. The Morgan fingerprint density at radius 3 is 2.06 bits per heavy atom. The van der Waals surface area contributed by atoms with E-state index in [1.165, 1.54) is 0 Å². The number of carboxylic acids is 1. The first-order valence-electron chi connectivity index (χ1n) is 10.0. The fourth-order valence-electron chi connectivity index (χ4n) is 3.89. The lowest BCUT2D eigenvalue weighted by Crippen LogP contribution is -2.57. The molecule has 2 fully saturated rings. The van der Waals surface area contributed by atoms with E-state index in [1.807, 2.05) is 35.2 Å². The summed E-state index contributed by atoms with van der Waals surface area (Å²) in [4.78, 5) is 38.2. The van der Waals surface area contributed by atoms with Gasteiger partial charge in [-0.05, 0) is 49.2 Å². The Kier molecular flexibility index (Phi) is 7.16. The van der Waals surface area contributed by atoms with Crippen molar-refractivity contribution in [2.24, 2.45) is 0 Å². The normalized spacial score (nSPS) is 17.3. The van der Waals surface area contributed by atoms with E-state index < -0.39 is 17.7 Å². The van der Waals surface area contributed by atoms with Crippen LogP contribution >= 0.6 is 11.6 Å². The van der Waals surface area contributed by atoms with Crippen LogP contribution in [0.3, 0.4) is 0 Å². The van der Waals surface area contributed by atoms with Crippen LogP contribution in [0.15, 0.2) is 54.6 Å². The van der Waals surface area contributed by atoms with Crippen LogP contribution in [0, 0.1) is 0 Å². The molecule has 7 nitrogen and oxygen atoms in total. The highest BCUT2D eigenvalue weighted by molar-refractivity contribution is 6.30. The van der Waals surface area contributed by atoms with Gasteiger partial charge in [-0.2, -0.15) is 13.2 Å². The van der Waals surface area contributed by atoms with Gasteiger partial charge in [0.15, 0.2) is 0 Å². The number of aliphatic carboxylic acids is 1. The Labute approximate surface area is 192 Å². The Morgan fingerprint density at radius 2 is 1.55 bits per heavy atom. The minimum atomic E-state index is -5.08. The molecule has 0 aromatic heterocycles. The zero-order chi connectivity index (χ0) is 24.2. The third-order valence-electron chi connectivity index (χ3n) is 5.62. The summed E-state index contributed by atoms with van der Waals surface area (Å²) < 4.78 is 31.7. The van der Waals surface area contributed by atoms with Gasteiger partial charge in [-0.3, -0.25) is 9.59 Å². The van der Waals surface area contributed by atoms with Crippen LogP contribution < -0.4 is 10.2 Å². The number of nitrogens with zero attached hydrogens (tertiary/aromatic N) is 2. The Morgan fingerprint density at radius 1 is 1.00 bits per heavy atom. The van der Waals surface area contributed by atoms with E-state index in [1.54, 1.807) is 24.3 Å².